The first-order valence-electron chi connectivity index (χ1n) is 6.64. The second-order valence-electron chi connectivity index (χ2n) is 5.42. The van der Waals surface area contributed by atoms with Gasteiger partial charge in [-0.25, -0.2) is 0 Å². The normalized spacial score (nSPS) is 17.1. The molecule has 2 rings (SSSR count). The van der Waals surface area contributed by atoms with Gasteiger partial charge in [-0.1, -0.05) is 12.1 Å². The smallest absolute Gasteiger partial charge is 0.0396 e. The number of hydrogen-bond acceptors (Lipinski definition) is 2. The standard InChI is InChI=1S/C15H24N2/c1-12-4-5-14(15(10-12)17(2)3)11-13-6-8-16-9-7-13/h4-5,10,13,16H,6-9,11H2,1-3H3. The maximum atomic E-state index is 3.44. The lowest BCUT2D eigenvalue weighted by Crippen LogP contribution is -2.29. The number of nitrogens with one attached hydrogen (secondary N) is 1. The molecule has 0 aliphatic carbocycles. The molecule has 1 aliphatic heterocycles. The molecule has 2 nitrogen and oxygen atoms in total. The van der Waals surface area contributed by atoms with Gasteiger partial charge in [-0.05, 0) is 62.4 Å². The number of rotatable bonds is 3. The Kier molecular flexibility index (Phi) is 4.06. The molecule has 1 aromatic rings. The van der Waals surface area contributed by atoms with Crippen molar-refractivity contribution in [2.75, 3.05) is 32.1 Å². The molecule has 0 atom stereocenters. The van der Waals surface area contributed by atoms with Crippen molar-refractivity contribution in [3.8, 4) is 0 Å². The summed E-state index contributed by atoms with van der Waals surface area (Å²) in [6.45, 7) is 4.54. The molecule has 17 heavy (non-hydrogen) atoms. The molecule has 2 heteroatoms. The average molecular weight is 232 g/mol. The van der Waals surface area contributed by atoms with Gasteiger partial charge in [0.2, 0.25) is 0 Å². The lowest BCUT2D eigenvalue weighted by atomic mass is 9.90. The minimum absolute atomic E-state index is 0.859. The SMILES string of the molecule is Cc1ccc(CC2CCNCC2)c(N(C)C)c1. The summed E-state index contributed by atoms with van der Waals surface area (Å²) in [5.74, 6) is 0.859. The highest BCUT2D eigenvalue weighted by Crippen LogP contribution is 2.26. The summed E-state index contributed by atoms with van der Waals surface area (Å²) < 4.78 is 0. The molecule has 1 aliphatic rings. The molecule has 0 unspecified atom stereocenters. The molecule has 1 saturated heterocycles. The first-order chi connectivity index (χ1) is 8.16. The third-order valence-corrected chi connectivity index (χ3v) is 3.69. The monoisotopic (exact) mass is 232 g/mol. The molecule has 0 bridgehead atoms. The van der Waals surface area contributed by atoms with E-state index >= 15 is 0 Å². The summed E-state index contributed by atoms with van der Waals surface area (Å²) in [5, 5.41) is 3.44. The fraction of sp³-hybridized carbons (Fsp3) is 0.600. The largest absolute Gasteiger partial charge is 0.377 e. The van der Waals surface area contributed by atoms with E-state index in [0.29, 0.717) is 0 Å². The Hall–Kier alpha value is -1.02. The van der Waals surface area contributed by atoms with Crippen LogP contribution < -0.4 is 10.2 Å². The van der Waals surface area contributed by atoms with Gasteiger partial charge >= 0.3 is 0 Å². The van der Waals surface area contributed by atoms with Crippen LogP contribution in [0, 0.1) is 12.8 Å². The summed E-state index contributed by atoms with van der Waals surface area (Å²) in [4.78, 5) is 2.24. The first kappa shape index (κ1) is 12.4. The van der Waals surface area contributed by atoms with Crippen molar-refractivity contribution in [1.82, 2.24) is 5.32 Å². The van der Waals surface area contributed by atoms with Crippen LogP contribution in [0.15, 0.2) is 18.2 Å². The van der Waals surface area contributed by atoms with Gasteiger partial charge in [0.1, 0.15) is 0 Å². The molecule has 0 aromatic heterocycles. The topological polar surface area (TPSA) is 15.3 Å². The van der Waals surface area contributed by atoms with E-state index in [9.17, 15) is 0 Å². The molecule has 94 valence electrons. The van der Waals surface area contributed by atoms with Crippen LogP contribution in [-0.4, -0.2) is 27.2 Å². The van der Waals surface area contributed by atoms with Crippen molar-refractivity contribution < 1.29 is 0 Å². The van der Waals surface area contributed by atoms with E-state index in [4.69, 9.17) is 0 Å². The number of anilines is 1. The highest BCUT2D eigenvalue weighted by molar-refractivity contribution is 5.54. The number of nitrogens with zero attached hydrogens (tertiary/aromatic N) is 1. The quantitative estimate of drug-likeness (QED) is 0.862. The lowest BCUT2D eigenvalue weighted by molar-refractivity contribution is 0.373. The van der Waals surface area contributed by atoms with Gasteiger partial charge in [0.15, 0.2) is 0 Å². The van der Waals surface area contributed by atoms with Crippen molar-refractivity contribution in [2.45, 2.75) is 26.2 Å². The molecule has 0 radical (unpaired) electrons. The van der Waals surface area contributed by atoms with Crippen LogP contribution in [0.1, 0.15) is 24.0 Å². The second kappa shape index (κ2) is 5.54. The Bertz CT molecular complexity index is 365. The van der Waals surface area contributed by atoms with E-state index in [-0.39, 0.29) is 0 Å². The van der Waals surface area contributed by atoms with Crippen LogP contribution in [0.5, 0.6) is 0 Å². The maximum absolute atomic E-state index is 3.44. The molecule has 1 heterocycles. The van der Waals surface area contributed by atoms with Gasteiger partial charge in [-0.2, -0.15) is 0 Å². The Morgan fingerprint density at radius 3 is 2.59 bits per heavy atom. The lowest BCUT2D eigenvalue weighted by Gasteiger charge is -2.25. The molecule has 0 spiro atoms. The van der Waals surface area contributed by atoms with E-state index in [1.807, 2.05) is 0 Å². The van der Waals surface area contributed by atoms with Crippen LogP contribution in [0.3, 0.4) is 0 Å². The molecule has 1 aromatic carbocycles. The summed E-state index contributed by atoms with van der Waals surface area (Å²) in [7, 11) is 4.28. The molecular formula is C15H24N2. The summed E-state index contributed by atoms with van der Waals surface area (Å²) in [5.41, 5.74) is 4.25. The number of hydrogen-bond donors (Lipinski definition) is 1. The fourth-order valence-electron chi connectivity index (χ4n) is 2.66. The Morgan fingerprint density at radius 1 is 1.24 bits per heavy atom. The third-order valence-electron chi connectivity index (χ3n) is 3.69. The van der Waals surface area contributed by atoms with E-state index in [0.717, 1.165) is 5.92 Å². The average Bonchev–Trinajstić information content (AvgIpc) is 2.32. The maximum Gasteiger partial charge on any atom is 0.0396 e. The highest BCUT2D eigenvalue weighted by Gasteiger charge is 2.15. The van der Waals surface area contributed by atoms with E-state index in [2.05, 4.69) is 49.4 Å². The molecular weight excluding hydrogens is 208 g/mol. The van der Waals surface area contributed by atoms with Crippen molar-refractivity contribution in [3.63, 3.8) is 0 Å². The molecule has 0 saturated carbocycles. The second-order valence-corrected chi connectivity index (χ2v) is 5.42. The van der Waals surface area contributed by atoms with Crippen molar-refractivity contribution in [3.05, 3.63) is 29.3 Å². The van der Waals surface area contributed by atoms with Crippen LogP contribution in [0.25, 0.3) is 0 Å². The minimum atomic E-state index is 0.859. The van der Waals surface area contributed by atoms with Gasteiger partial charge in [-0.15, -0.1) is 0 Å². The van der Waals surface area contributed by atoms with E-state index < -0.39 is 0 Å². The van der Waals surface area contributed by atoms with Crippen LogP contribution in [0.4, 0.5) is 5.69 Å². The van der Waals surface area contributed by atoms with Crippen LogP contribution in [0.2, 0.25) is 0 Å². The van der Waals surface area contributed by atoms with E-state index in [1.165, 1.54) is 49.2 Å². The van der Waals surface area contributed by atoms with E-state index in [1.54, 1.807) is 0 Å². The Balaban J connectivity index is 2.13. The highest BCUT2D eigenvalue weighted by atomic mass is 15.1. The fourth-order valence-corrected chi connectivity index (χ4v) is 2.66. The number of benzene rings is 1. The minimum Gasteiger partial charge on any atom is -0.377 e. The third kappa shape index (κ3) is 3.22. The first-order valence-corrected chi connectivity index (χ1v) is 6.64. The van der Waals surface area contributed by atoms with Gasteiger partial charge in [-0.3, -0.25) is 0 Å². The van der Waals surface area contributed by atoms with Crippen molar-refractivity contribution in [2.24, 2.45) is 5.92 Å². The van der Waals surface area contributed by atoms with Gasteiger partial charge in [0.05, 0.1) is 0 Å². The number of piperidine rings is 1. The summed E-state index contributed by atoms with van der Waals surface area (Å²) in [6.07, 6.45) is 3.87. The number of aryl methyl sites for hydroxylation is 1. The van der Waals surface area contributed by atoms with Crippen LogP contribution in [-0.2, 0) is 6.42 Å². The zero-order valence-corrected chi connectivity index (χ0v) is 11.3. The molecule has 0 amide bonds. The Morgan fingerprint density at radius 2 is 1.94 bits per heavy atom. The summed E-state index contributed by atoms with van der Waals surface area (Å²) in [6, 6.07) is 6.85. The van der Waals surface area contributed by atoms with Crippen molar-refractivity contribution >= 4 is 5.69 Å². The van der Waals surface area contributed by atoms with Gasteiger partial charge < -0.3 is 10.2 Å². The van der Waals surface area contributed by atoms with Crippen LogP contribution >= 0.6 is 0 Å². The zero-order chi connectivity index (χ0) is 12.3. The van der Waals surface area contributed by atoms with Gasteiger partial charge in [0, 0.05) is 19.8 Å². The molecule has 1 fully saturated rings. The van der Waals surface area contributed by atoms with Crippen molar-refractivity contribution in [1.29, 1.82) is 0 Å². The molecule has 1 N–H and O–H groups in total. The predicted octanol–water partition coefficient (Wildman–Crippen LogP) is 2.60. The van der Waals surface area contributed by atoms with Gasteiger partial charge in [0.25, 0.3) is 0 Å². The summed E-state index contributed by atoms with van der Waals surface area (Å²) >= 11 is 0. The zero-order valence-electron chi connectivity index (χ0n) is 11.3. The predicted molar refractivity (Wildman–Crippen MR) is 74.8 cm³/mol. The Labute approximate surface area is 105 Å².